The molecule has 0 unspecified atom stereocenters. The fraction of sp³-hybridized carbons (Fsp3) is 0.412. The Balaban J connectivity index is 2.12. The molecule has 1 aromatic carbocycles. The minimum absolute atomic E-state index is 0.267. The summed E-state index contributed by atoms with van der Waals surface area (Å²) in [6.07, 6.45) is 3.53. The van der Waals surface area contributed by atoms with Gasteiger partial charge in [0.15, 0.2) is 0 Å². The van der Waals surface area contributed by atoms with Crippen LogP contribution in [0.15, 0.2) is 24.3 Å². The number of nitrogens with zero attached hydrogens (tertiary/aromatic N) is 2. The number of carboxylic acids is 1. The number of aromatic carboxylic acids is 1. The fourth-order valence-corrected chi connectivity index (χ4v) is 2.74. The summed E-state index contributed by atoms with van der Waals surface area (Å²) in [5, 5.41) is 16.2. The lowest BCUT2D eigenvalue weighted by Crippen LogP contribution is -2.24. The fourth-order valence-electron chi connectivity index (χ4n) is 2.74. The monoisotopic (exact) mass is 299 g/mol. The Hall–Kier alpha value is -2.30. The van der Waals surface area contributed by atoms with Crippen molar-refractivity contribution in [3.05, 3.63) is 41.2 Å². The van der Waals surface area contributed by atoms with E-state index in [9.17, 15) is 9.90 Å². The number of methoxy groups -OCH3 is 1. The average Bonchev–Trinajstić information content (AvgIpc) is 3.29. The van der Waals surface area contributed by atoms with E-state index in [1.807, 2.05) is 31.2 Å². The minimum Gasteiger partial charge on any atom is -0.545 e. The molecule has 0 spiro atoms. The molecule has 0 bridgehead atoms. The molecule has 5 nitrogen and oxygen atoms in total. The number of hydrogen-bond acceptors (Lipinski definition) is 4. The summed E-state index contributed by atoms with van der Waals surface area (Å²) in [4.78, 5) is 11.6. The van der Waals surface area contributed by atoms with Crippen molar-refractivity contribution in [3.63, 3.8) is 0 Å². The molecule has 2 aromatic rings. The molecule has 22 heavy (non-hydrogen) atoms. The Labute approximate surface area is 129 Å². The number of benzene rings is 1. The third-order valence-electron chi connectivity index (χ3n) is 3.98. The average molecular weight is 299 g/mol. The van der Waals surface area contributed by atoms with Crippen LogP contribution in [0.25, 0.3) is 5.69 Å². The molecular weight excluding hydrogens is 280 g/mol. The maximum absolute atomic E-state index is 11.6. The topological polar surface area (TPSA) is 67.2 Å². The molecule has 0 N–H and O–H groups in total. The lowest BCUT2D eigenvalue weighted by molar-refractivity contribution is -0.255. The molecule has 1 heterocycles. The minimum atomic E-state index is -1.12. The van der Waals surface area contributed by atoms with Crippen molar-refractivity contribution in [2.75, 3.05) is 7.11 Å². The molecule has 5 heteroatoms. The van der Waals surface area contributed by atoms with Gasteiger partial charge in [-0.2, -0.15) is 5.10 Å². The van der Waals surface area contributed by atoms with Crippen LogP contribution in [0.3, 0.4) is 0 Å². The van der Waals surface area contributed by atoms with Gasteiger partial charge >= 0.3 is 0 Å². The van der Waals surface area contributed by atoms with E-state index >= 15 is 0 Å². The van der Waals surface area contributed by atoms with Crippen molar-refractivity contribution in [2.24, 2.45) is 0 Å². The Morgan fingerprint density at radius 1 is 1.36 bits per heavy atom. The highest BCUT2D eigenvalue weighted by molar-refractivity contribution is 5.89. The van der Waals surface area contributed by atoms with Crippen molar-refractivity contribution in [2.45, 2.75) is 38.5 Å². The molecule has 0 aliphatic heterocycles. The zero-order chi connectivity index (χ0) is 15.7. The normalized spacial score (nSPS) is 14.1. The summed E-state index contributed by atoms with van der Waals surface area (Å²) in [5.74, 6) is -0.0939. The first-order chi connectivity index (χ1) is 10.7. The van der Waals surface area contributed by atoms with E-state index in [1.54, 1.807) is 11.8 Å². The van der Waals surface area contributed by atoms with Gasteiger partial charge in [-0.05, 0) is 43.5 Å². The Kier molecular flexibility index (Phi) is 3.88. The highest BCUT2D eigenvalue weighted by atomic mass is 16.5. The number of aromatic nitrogens is 2. The molecule has 0 amide bonds. The molecule has 1 saturated carbocycles. The second kappa shape index (κ2) is 5.83. The van der Waals surface area contributed by atoms with Gasteiger partial charge in [-0.1, -0.05) is 13.3 Å². The first kappa shape index (κ1) is 14.6. The summed E-state index contributed by atoms with van der Waals surface area (Å²) in [5.41, 5.74) is 2.55. The highest BCUT2D eigenvalue weighted by Gasteiger charge is 2.32. The van der Waals surface area contributed by atoms with Crippen molar-refractivity contribution >= 4 is 5.97 Å². The van der Waals surface area contributed by atoms with Crippen LogP contribution in [0.4, 0.5) is 0 Å². The van der Waals surface area contributed by atoms with Gasteiger partial charge in [-0.25, -0.2) is 4.68 Å². The summed E-state index contributed by atoms with van der Waals surface area (Å²) < 4.78 is 6.92. The second-order valence-electron chi connectivity index (χ2n) is 5.63. The van der Waals surface area contributed by atoms with Crippen molar-refractivity contribution in [3.8, 4) is 11.4 Å². The molecule has 0 radical (unpaired) electrons. The summed E-state index contributed by atoms with van der Waals surface area (Å²) >= 11 is 0. The zero-order valence-electron chi connectivity index (χ0n) is 12.8. The molecule has 3 rings (SSSR count). The Bertz CT molecular complexity index is 685. The maximum atomic E-state index is 11.6. The van der Waals surface area contributed by atoms with Crippen LogP contribution in [0.2, 0.25) is 0 Å². The molecule has 0 saturated heterocycles. The van der Waals surface area contributed by atoms with E-state index in [0.717, 1.165) is 36.4 Å². The maximum Gasteiger partial charge on any atom is 0.119 e. The summed E-state index contributed by atoms with van der Waals surface area (Å²) in [7, 11) is 1.62. The smallest absolute Gasteiger partial charge is 0.119 e. The molecule has 1 aliphatic rings. The summed E-state index contributed by atoms with van der Waals surface area (Å²) in [6.45, 7) is 2.03. The number of carbonyl (C=O) groups is 1. The quantitative estimate of drug-likeness (QED) is 0.819. The molecule has 116 valence electrons. The third-order valence-corrected chi connectivity index (χ3v) is 3.98. The van der Waals surface area contributed by atoms with Crippen LogP contribution < -0.4 is 9.84 Å². The van der Waals surface area contributed by atoms with Gasteiger partial charge in [0.25, 0.3) is 0 Å². The SMILES string of the molecule is CCCc1c(C(=O)[O-])c(C2CC2)nn1-c1ccc(OC)cc1. The second-order valence-corrected chi connectivity index (χ2v) is 5.63. The number of hydrogen-bond donors (Lipinski definition) is 0. The molecular formula is C17H19N2O3-. The number of carboxylic acid groups (broad SMARTS) is 1. The predicted molar refractivity (Wildman–Crippen MR) is 80.4 cm³/mol. The van der Waals surface area contributed by atoms with Crippen LogP contribution in [0.1, 0.15) is 53.8 Å². The van der Waals surface area contributed by atoms with Crippen LogP contribution >= 0.6 is 0 Å². The molecule has 0 atom stereocenters. The van der Waals surface area contributed by atoms with Crippen molar-refractivity contribution in [1.82, 2.24) is 9.78 Å². The van der Waals surface area contributed by atoms with E-state index in [1.165, 1.54) is 0 Å². The van der Waals surface area contributed by atoms with Gasteiger partial charge in [0.2, 0.25) is 0 Å². The van der Waals surface area contributed by atoms with Gasteiger partial charge in [0.05, 0.1) is 30.2 Å². The highest BCUT2D eigenvalue weighted by Crippen LogP contribution is 2.42. The van der Waals surface area contributed by atoms with Crippen molar-refractivity contribution < 1.29 is 14.6 Å². The first-order valence-electron chi connectivity index (χ1n) is 7.63. The lowest BCUT2D eigenvalue weighted by Gasteiger charge is -2.10. The third kappa shape index (κ3) is 2.58. The van der Waals surface area contributed by atoms with E-state index < -0.39 is 5.97 Å². The number of carbonyl (C=O) groups excluding carboxylic acids is 1. The number of ether oxygens (including phenoxy) is 1. The molecule has 1 aromatic heterocycles. The molecule has 1 fully saturated rings. The van der Waals surface area contributed by atoms with Crippen LogP contribution in [-0.4, -0.2) is 22.9 Å². The van der Waals surface area contributed by atoms with Gasteiger partial charge in [-0.3, -0.25) is 0 Å². The Morgan fingerprint density at radius 2 is 2.05 bits per heavy atom. The van der Waals surface area contributed by atoms with Crippen LogP contribution in [-0.2, 0) is 6.42 Å². The first-order valence-corrected chi connectivity index (χ1v) is 7.63. The Morgan fingerprint density at radius 3 is 2.55 bits per heavy atom. The predicted octanol–water partition coefficient (Wildman–Crippen LogP) is 2.07. The largest absolute Gasteiger partial charge is 0.545 e. The standard InChI is InChI=1S/C17H20N2O3/c1-3-4-14-15(17(20)21)16(11-5-6-11)18-19(14)12-7-9-13(22-2)10-8-12/h7-11H,3-6H2,1-2H3,(H,20,21)/p-1. The number of rotatable bonds is 6. The van der Waals surface area contributed by atoms with Crippen LogP contribution in [0, 0.1) is 0 Å². The lowest BCUT2D eigenvalue weighted by atomic mass is 10.1. The van der Waals surface area contributed by atoms with Crippen LogP contribution in [0.5, 0.6) is 5.75 Å². The molecule has 1 aliphatic carbocycles. The van der Waals surface area contributed by atoms with Gasteiger partial charge in [-0.15, -0.1) is 0 Å². The van der Waals surface area contributed by atoms with Gasteiger partial charge < -0.3 is 14.6 Å². The van der Waals surface area contributed by atoms with E-state index in [0.29, 0.717) is 17.7 Å². The zero-order valence-corrected chi connectivity index (χ0v) is 12.8. The summed E-state index contributed by atoms with van der Waals surface area (Å²) in [6, 6.07) is 7.48. The van der Waals surface area contributed by atoms with Crippen molar-refractivity contribution in [1.29, 1.82) is 0 Å². The van der Waals surface area contributed by atoms with Gasteiger partial charge in [0, 0.05) is 11.5 Å². The van der Waals surface area contributed by atoms with Gasteiger partial charge in [0.1, 0.15) is 5.75 Å². The van der Waals surface area contributed by atoms with E-state index in [4.69, 9.17) is 4.74 Å². The van der Waals surface area contributed by atoms with E-state index in [2.05, 4.69) is 5.10 Å². The van der Waals surface area contributed by atoms with E-state index in [-0.39, 0.29) is 5.92 Å².